The van der Waals surface area contributed by atoms with Crippen LogP contribution in [-0.2, 0) is 0 Å². The molecule has 1 aromatic rings. The monoisotopic (exact) mass is 184 g/mol. The molecule has 0 unspecified atom stereocenters. The standard InChI is InChI=1S/C7H6O2.C2H6S/c8-7(9)6-4-2-1-3-5-6;1-3-2/h1-5H,(H,8,9);1-2H3. The molecule has 0 bridgehead atoms. The SMILES string of the molecule is CSC.O=C(O)c1ccccc1. The molecule has 0 amide bonds. The van der Waals surface area contributed by atoms with E-state index in [2.05, 4.69) is 0 Å². The van der Waals surface area contributed by atoms with Gasteiger partial charge in [0, 0.05) is 0 Å². The molecule has 0 aliphatic rings. The third-order valence-corrected chi connectivity index (χ3v) is 1.02. The lowest BCUT2D eigenvalue weighted by atomic mass is 10.2. The molecule has 0 radical (unpaired) electrons. The Morgan fingerprint density at radius 1 is 1.25 bits per heavy atom. The highest BCUT2D eigenvalue weighted by Gasteiger charge is 1.96. The van der Waals surface area contributed by atoms with Gasteiger partial charge in [0.1, 0.15) is 0 Å². The predicted octanol–water partition coefficient (Wildman–Crippen LogP) is 2.36. The second kappa shape index (κ2) is 6.73. The summed E-state index contributed by atoms with van der Waals surface area (Å²) < 4.78 is 0. The van der Waals surface area contributed by atoms with Crippen molar-refractivity contribution in [3.05, 3.63) is 35.9 Å². The number of hydrogen-bond acceptors (Lipinski definition) is 2. The molecule has 1 N–H and O–H groups in total. The largest absolute Gasteiger partial charge is 0.478 e. The quantitative estimate of drug-likeness (QED) is 0.728. The maximum Gasteiger partial charge on any atom is 0.335 e. The van der Waals surface area contributed by atoms with Crippen LogP contribution in [0.2, 0.25) is 0 Å². The van der Waals surface area contributed by atoms with E-state index in [0.717, 1.165) is 0 Å². The number of carboxylic acids is 1. The van der Waals surface area contributed by atoms with E-state index >= 15 is 0 Å². The van der Waals surface area contributed by atoms with Crippen molar-refractivity contribution < 1.29 is 9.90 Å². The molecule has 3 heteroatoms. The molecule has 1 aromatic carbocycles. The molecule has 1 rings (SSSR count). The Labute approximate surface area is 76.6 Å². The number of carbonyl (C=O) groups is 1. The van der Waals surface area contributed by atoms with Crippen molar-refractivity contribution in [2.24, 2.45) is 0 Å². The van der Waals surface area contributed by atoms with Crippen molar-refractivity contribution >= 4 is 17.7 Å². The van der Waals surface area contributed by atoms with Gasteiger partial charge in [-0.05, 0) is 24.6 Å². The van der Waals surface area contributed by atoms with Crippen molar-refractivity contribution in [2.75, 3.05) is 12.5 Å². The summed E-state index contributed by atoms with van der Waals surface area (Å²) in [6, 6.07) is 8.30. The number of rotatable bonds is 1. The first kappa shape index (κ1) is 11.0. The summed E-state index contributed by atoms with van der Waals surface area (Å²) in [5, 5.41) is 8.38. The minimum atomic E-state index is -0.879. The molecule has 0 fully saturated rings. The molecule has 0 saturated carbocycles. The van der Waals surface area contributed by atoms with Gasteiger partial charge >= 0.3 is 5.97 Å². The van der Waals surface area contributed by atoms with Crippen LogP contribution in [-0.4, -0.2) is 23.6 Å². The summed E-state index contributed by atoms with van der Waals surface area (Å²) in [7, 11) is 0. The number of aromatic carboxylic acids is 1. The van der Waals surface area contributed by atoms with Crippen LogP contribution in [0.25, 0.3) is 0 Å². The van der Waals surface area contributed by atoms with E-state index in [4.69, 9.17) is 5.11 Å². The van der Waals surface area contributed by atoms with Crippen LogP contribution in [0.4, 0.5) is 0 Å². The highest BCUT2D eigenvalue weighted by atomic mass is 32.2. The fourth-order valence-corrected chi connectivity index (χ4v) is 0.581. The van der Waals surface area contributed by atoms with Gasteiger partial charge in [0.15, 0.2) is 0 Å². The van der Waals surface area contributed by atoms with Gasteiger partial charge in [-0.3, -0.25) is 0 Å². The minimum Gasteiger partial charge on any atom is -0.478 e. The third-order valence-electron chi connectivity index (χ3n) is 1.02. The molecule has 66 valence electrons. The van der Waals surface area contributed by atoms with Crippen LogP contribution in [0.1, 0.15) is 10.4 Å². The molecule has 0 atom stereocenters. The topological polar surface area (TPSA) is 37.3 Å². The fraction of sp³-hybridized carbons (Fsp3) is 0.222. The number of hydrogen-bond donors (Lipinski definition) is 1. The van der Waals surface area contributed by atoms with Crippen LogP contribution in [0.15, 0.2) is 30.3 Å². The smallest absolute Gasteiger partial charge is 0.335 e. The van der Waals surface area contributed by atoms with Crippen LogP contribution in [0.3, 0.4) is 0 Å². The molecule has 12 heavy (non-hydrogen) atoms. The zero-order chi connectivity index (χ0) is 9.40. The molecule has 0 aliphatic heterocycles. The van der Waals surface area contributed by atoms with E-state index in [1.807, 2.05) is 12.5 Å². The molecule has 0 saturated heterocycles. The summed E-state index contributed by atoms with van der Waals surface area (Å²) >= 11 is 1.75. The molecule has 2 nitrogen and oxygen atoms in total. The van der Waals surface area contributed by atoms with E-state index in [-0.39, 0.29) is 0 Å². The van der Waals surface area contributed by atoms with E-state index in [9.17, 15) is 4.79 Å². The van der Waals surface area contributed by atoms with Crippen molar-refractivity contribution in [3.8, 4) is 0 Å². The average molecular weight is 184 g/mol. The summed E-state index contributed by atoms with van der Waals surface area (Å²) in [6.07, 6.45) is 4.08. The van der Waals surface area contributed by atoms with Crippen LogP contribution in [0, 0.1) is 0 Å². The molecular weight excluding hydrogens is 172 g/mol. The molecule has 0 aromatic heterocycles. The Morgan fingerprint density at radius 2 is 1.67 bits per heavy atom. The molecular formula is C9H12O2S. The van der Waals surface area contributed by atoms with Gasteiger partial charge < -0.3 is 5.11 Å². The van der Waals surface area contributed by atoms with Crippen LogP contribution < -0.4 is 0 Å². The number of carboxylic acid groups (broad SMARTS) is 1. The van der Waals surface area contributed by atoms with Crippen molar-refractivity contribution in [2.45, 2.75) is 0 Å². The highest BCUT2D eigenvalue weighted by molar-refractivity contribution is 7.97. The summed E-state index contributed by atoms with van der Waals surface area (Å²) in [4.78, 5) is 10.2. The van der Waals surface area contributed by atoms with Crippen molar-refractivity contribution in [1.82, 2.24) is 0 Å². The normalized spacial score (nSPS) is 8.17. The maximum absolute atomic E-state index is 10.2. The first-order chi connectivity index (χ1) is 5.72. The van der Waals surface area contributed by atoms with Crippen molar-refractivity contribution in [3.63, 3.8) is 0 Å². The van der Waals surface area contributed by atoms with Gasteiger partial charge in [-0.25, -0.2) is 4.79 Å². The van der Waals surface area contributed by atoms with E-state index in [0.29, 0.717) is 5.56 Å². The first-order valence-electron chi connectivity index (χ1n) is 3.40. The Morgan fingerprint density at radius 3 is 1.92 bits per heavy atom. The molecule has 0 spiro atoms. The Bertz CT molecular complexity index is 221. The number of thioether (sulfide) groups is 1. The maximum atomic E-state index is 10.2. The molecule has 0 aliphatic carbocycles. The van der Waals surface area contributed by atoms with Gasteiger partial charge in [0.25, 0.3) is 0 Å². The Balaban J connectivity index is 0.000000354. The lowest BCUT2D eigenvalue weighted by Gasteiger charge is -1.88. The van der Waals surface area contributed by atoms with E-state index in [1.165, 1.54) is 0 Å². The zero-order valence-electron chi connectivity index (χ0n) is 7.15. The zero-order valence-corrected chi connectivity index (χ0v) is 7.97. The summed E-state index contributed by atoms with van der Waals surface area (Å²) in [5.41, 5.74) is 0.331. The summed E-state index contributed by atoms with van der Waals surface area (Å²) in [6.45, 7) is 0. The highest BCUT2D eigenvalue weighted by Crippen LogP contribution is 1.96. The number of benzene rings is 1. The van der Waals surface area contributed by atoms with Gasteiger partial charge in [-0.2, -0.15) is 11.8 Å². The lowest BCUT2D eigenvalue weighted by Crippen LogP contribution is -1.93. The second-order valence-corrected chi connectivity index (χ2v) is 2.90. The third kappa shape index (κ3) is 4.79. The Kier molecular flexibility index (Phi) is 6.19. The Hall–Kier alpha value is -0.960. The minimum absolute atomic E-state index is 0.331. The van der Waals surface area contributed by atoms with E-state index in [1.54, 1.807) is 42.1 Å². The molecule has 0 heterocycles. The van der Waals surface area contributed by atoms with Crippen LogP contribution in [0.5, 0.6) is 0 Å². The van der Waals surface area contributed by atoms with Crippen LogP contribution >= 0.6 is 11.8 Å². The lowest BCUT2D eigenvalue weighted by molar-refractivity contribution is 0.0697. The van der Waals surface area contributed by atoms with Crippen molar-refractivity contribution in [1.29, 1.82) is 0 Å². The average Bonchev–Trinajstić information content (AvgIpc) is 2.07. The first-order valence-corrected chi connectivity index (χ1v) is 5.04. The van der Waals surface area contributed by atoms with E-state index < -0.39 is 5.97 Å². The van der Waals surface area contributed by atoms with Gasteiger partial charge in [-0.15, -0.1) is 0 Å². The predicted molar refractivity (Wildman–Crippen MR) is 52.8 cm³/mol. The summed E-state index contributed by atoms with van der Waals surface area (Å²) in [5.74, 6) is -0.879. The fourth-order valence-electron chi connectivity index (χ4n) is 0.581. The van der Waals surface area contributed by atoms with Gasteiger partial charge in [0.2, 0.25) is 0 Å². The second-order valence-electron chi connectivity index (χ2n) is 2.08. The van der Waals surface area contributed by atoms with Gasteiger partial charge in [-0.1, -0.05) is 18.2 Å². The van der Waals surface area contributed by atoms with Gasteiger partial charge in [0.05, 0.1) is 5.56 Å².